The van der Waals surface area contributed by atoms with Gasteiger partial charge < -0.3 is 10.2 Å². The highest BCUT2D eigenvalue weighted by Crippen LogP contribution is 2.34. The molecular formula is C10H17NO4S2. The summed E-state index contributed by atoms with van der Waals surface area (Å²) >= 11 is 0. The monoisotopic (exact) mass is 279 g/mol. The average molecular weight is 279 g/mol. The van der Waals surface area contributed by atoms with Gasteiger partial charge in [-0.2, -0.15) is 0 Å². The summed E-state index contributed by atoms with van der Waals surface area (Å²) in [4.78, 5) is 20.9. The molecule has 2 N–H and O–H groups in total. The van der Waals surface area contributed by atoms with Crippen molar-refractivity contribution in [3.63, 3.8) is 0 Å². The van der Waals surface area contributed by atoms with Gasteiger partial charge in [-0.25, -0.2) is 9.59 Å². The molecule has 5 nitrogen and oxygen atoms in total. The first-order chi connectivity index (χ1) is 8.11. The van der Waals surface area contributed by atoms with E-state index in [0.717, 1.165) is 6.04 Å². The maximum absolute atomic E-state index is 9.10. The van der Waals surface area contributed by atoms with Gasteiger partial charge >= 0.3 is 11.9 Å². The lowest BCUT2D eigenvalue weighted by Gasteiger charge is -2.31. The number of hydrogen-bond donors (Lipinski definition) is 2. The van der Waals surface area contributed by atoms with E-state index in [1.165, 1.54) is 43.9 Å². The lowest BCUT2D eigenvalue weighted by Crippen LogP contribution is -2.40. The molecule has 0 aliphatic carbocycles. The van der Waals surface area contributed by atoms with Crippen LogP contribution in [0.15, 0.2) is 0 Å². The Kier molecular flexibility index (Phi) is 6.76. The molecule has 0 radical (unpaired) electrons. The van der Waals surface area contributed by atoms with Crippen molar-refractivity contribution in [3.05, 3.63) is 0 Å². The van der Waals surface area contributed by atoms with E-state index < -0.39 is 11.9 Å². The first-order valence-electron chi connectivity index (χ1n) is 5.56. The van der Waals surface area contributed by atoms with Crippen LogP contribution in [-0.2, 0) is 9.59 Å². The van der Waals surface area contributed by atoms with Crippen LogP contribution in [0.25, 0.3) is 0 Å². The van der Waals surface area contributed by atoms with Crippen molar-refractivity contribution in [3.8, 4) is 0 Å². The van der Waals surface area contributed by atoms with Crippen LogP contribution in [-0.4, -0.2) is 57.7 Å². The highest BCUT2D eigenvalue weighted by Gasteiger charge is 2.24. The molecule has 2 rings (SSSR count). The van der Waals surface area contributed by atoms with Gasteiger partial charge in [0.15, 0.2) is 0 Å². The molecule has 0 bridgehead atoms. The first-order valence-corrected chi connectivity index (χ1v) is 8.04. The Balaban J connectivity index is 0.000000209. The molecule has 98 valence electrons. The molecule has 0 atom stereocenters. The summed E-state index contributed by atoms with van der Waals surface area (Å²) in [5.74, 6) is -0.917. The maximum Gasteiger partial charge on any atom is 0.414 e. The van der Waals surface area contributed by atoms with E-state index in [2.05, 4.69) is 26.5 Å². The van der Waals surface area contributed by atoms with Crippen molar-refractivity contribution in [2.75, 3.05) is 24.6 Å². The average Bonchev–Trinajstić information content (AvgIpc) is 2.84. The molecule has 0 aromatic rings. The standard InChI is InChI=1S/C8H15NS2.C2H2O4/c1-2-4-9(5-3-1)8-6-10-11-7-8;3-1(4)2(5)6/h8H,1-7H2;(H,3,4)(H,5,6). The topological polar surface area (TPSA) is 77.8 Å². The SMILES string of the molecule is C1CCN(C2CSSC2)CC1.O=C(O)C(=O)O. The third-order valence-electron chi connectivity index (χ3n) is 2.69. The molecule has 0 unspecified atom stereocenters. The lowest BCUT2D eigenvalue weighted by molar-refractivity contribution is -0.159. The third kappa shape index (κ3) is 5.65. The molecule has 7 heteroatoms. The number of carbonyl (C=O) groups is 2. The Hall–Kier alpha value is -0.400. The second-order valence-electron chi connectivity index (χ2n) is 3.93. The van der Waals surface area contributed by atoms with Crippen LogP contribution in [0.3, 0.4) is 0 Å². The van der Waals surface area contributed by atoms with Gasteiger partial charge in [0.2, 0.25) is 0 Å². The number of hydrogen-bond acceptors (Lipinski definition) is 5. The van der Waals surface area contributed by atoms with Gasteiger partial charge in [-0.1, -0.05) is 28.0 Å². The smallest absolute Gasteiger partial charge is 0.414 e. The Bertz CT molecular complexity index is 251. The molecule has 0 saturated carbocycles. The van der Waals surface area contributed by atoms with Gasteiger partial charge in [-0.05, 0) is 25.9 Å². The van der Waals surface area contributed by atoms with Crippen molar-refractivity contribution in [1.29, 1.82) is 0 Å². The first kappa shape index (κ1) is 14.7. The number of aliphatic carboxylic acids is 2. The fourth-order valence-corrected chi connectivity index (χ4v) is 4.63. The summed E-state index contributed by atoms with van der Waals surface area (Å²) in [6.45, 7) is 2.73. The molecule has 0 amide bonds. The minimum absolute atomic E-state index is 0.908. The number of carboxylic acid groups (broad SMARTS) is 2. The quantitative estimate of drug-likeness (QED) is 0.554. The van der Waals surface area contributed by atoms with Crippen molar-refractivity contribution in [2.24, 2.45) is 0 Å². The Morgan fingerprint density at radius 3 is 1.82 bits per heavy atom. The van der Waals surface area contributed by atoms with E-state index in [1.807, 2.05) is 0 Å². The minimum Gasteiger partial charge on any atom is -0.473 e. The van der Waals surface area contributed by atoms with E-state index in [9.17, 15) is 0 Å². The van der Waals surface area contributed by atoms with Crippen LogP contribution < -0.4 is 0 Å². The summed E-state index contributed by atoms with van der Waals surface area (Å²) in [6.07, 6.45) is 4.33. The Labute approximate surface area is 108 Å². The second kappa shape index (κ2) is 7.84. The fraction of sp³-hybridized carbons (Fsp3) is 0.800. The van der Waals surface area contributed by atoms with Gasteiger partial charge in [0.25, 0.3) is 0 Å². The minimum atomic E-state index is -1.82. The molecule has 0 aromatic carbocycles. The number of piperidine rings is 1. The molecular weight excluding hydrogens is 262 g/mol. The Morgan fingerprint density at radius 2 is 1.41 bits per heavy atom. The van der Waals surface area contributed by atoms with Gasteiger partial charge in [-0.15, -0.1) is 0 Å². The molecule has 2 heterocycles. The van der Waals surface area contributed by atoms with Gasteiger partial charge in [0, 0.05) is 17.5 Å². The summed E-state index contributed by atoms with van der Waals surface area (Å²) in [5, 5.41) is 14.8. The van der Waals surface area contributed by atoms with Crippen molar-refractivity contribution in [2.45, 2.75) is 25.3 Å². The molecule has 2 aliphatic rings. The van der Waals surface area contributed by atoms with Crippen molar-refractivity contribution >= 4 is 33.5 Å². The normalized spacial score (nSPS) is 21.6. The van der Waals surface area contributed by atoms with Crippen LogP contribution in [0.2, 0.25) is 0 Å². The zero-order chi connectivity index (χ0) is 12.7. The summed E-state index contributed by atoms with van der Waals surface area (Å²) in [6, 6.07) is 0.908. The highest BCUT2D eigenvalue weighted by molar-refractivity contribution is 8.77. The fourth-order valence-electron chi connectivity index (χ4n) is 1.80. The van der Waals surface area contributed by atoms with Crippen LogP contribution in [0.4, 0.5) is 0 Å². The van der Waals surface area contributed by atoms with Crippen molar-refractivity contribution in [1.82, 2.24) is 4.90 Å². The van der Waals surface area contributed by atoms with E-state index in [0.29, 0.717) is 0 Å². The van der Waals surface area contributed by atoms with Crippen LogP contribution in [0, 0.1) is 0 Å². The molecule has 0 spiro atoms. The number of carboxylic acids is 2. The maximum atomic E-state index is 9.10. The zero-order valence-corrected chi connectivity index (χ0v) is 11.1. The van der Waals surface area contributed by atoms with E-state index in [-0.39, 0.29) is 0 Å². The largest absolute Gasteiger partial charge is 0.473 e. The number of rotatable bonds is 1. The van der Waals surface area contributed by atoms with Gasteiger partial charge in [-0.3, -0.25) is 4.90 Å². The van der Waals surface area contributed by atoms with E-state index in [4.69, 9.17) is 19.8 Å². The molecule has 17 heavy (non-hydrogen) atoms. The molecule has 2 aliphatic heterocycles. The lowest BCUT2D eigenvalue weighted by atomic mass is 10.1. The van der Waals surface area contributed by atoms with Gasteiger partial charge in [0.1, 0.15) is 0 Å². The Morgan fingerprint density at radius 1 is 0.941 bits per heavy atom. The van der Waals surface area contributed by atoms with Crippen molar-refractivity contribution < 1.29 is 19.8 Å². The van der Waals surface area contributed by atoms with Crippen LogP contribution in [0.5, 0.6) is 0 Å². The summed E-state index contributed by atoms with van der Waals surface area (Å²) in [7, 11) is 4.10. The second-order valence-corrected chi connectivity index (χ2v) is 6.48. The summed E-state index contributed by atoms with van der Waals surface area (Å²) in [5.41, 5.74) is 0. The molecule has 2 fully saturated rings. The van der Waals surface area contributed by atoms with E-state index in [1.54, 1.807) is 0 Å². The third-order valence-corrected chi connectivity index (χ3v) is 5.22. The molecule has 0 aromatic heterocycles. The highest BCUT2D eigenvalue weighted by atomic mass is 33.1. The van der Waals surface area contributed by atoms with Crippen LogP contribution in [0.1, 0.15) is 19.3 Å². The van der Waals surface area contributed by atoms with Crippen LogP contribution >= 0.6 is 21.6 Å². The van der Waals surface area contributed by atoms with Gasteiger partial charge in [0.05, 0.1) is 0 Å². The zero-order valence-electron chi connectivity index (χ0n) is 9.50. The predicted octanol–water partition coefficient (Wildman–Crippen LogP) is 1.39. The molecule has 2 saturated heterocycles. The number of nitrogens with zero attached hydrogens (tertiary/aromatic N) is 1. The summed E-state index contributed by atoms with van der Waals surface area (Å²) < 4.78 is 0. The predicted molar refractivity (Wildman–Crippen MR) is 69.4 cm³/mol. The number of likely N-dealkylation sites (tertiary alicyclic amines) is 1. The van der Waals surface area contributed by atoms with E-state index >= 15 is 0 Å².